The van der Waals surface area contributed by atoms with E-state index in [1.165, 1.54) is 50.6 Å². The van der Waals surface area contributed by atoms with Crippen LogP contribution in [0, 0.1) is 0 Å². The Balaban J connectivity index is 1.93. The largest absolute Gasteiger partial charge is 0.464 e. The second-order valence-electron chi connectivity index (χ2n) is 4.83. The summed E-state index contributed by atoms with van der Waals surface area (Å²) in [4.78, 5) is 15.6. The topological polar surface area (TPSA) is 51.2 Å². The van der Waals surface area contributed by atoms with Gasteiger partial charge >= 0.3 is 5.97 Å². The highest BCUT2D eigenvalue weighted by molar-refractivity contribution is 8.00. The van der Waals surface area contributed by atoms with Gasteiger partial charge in [-0.05, 0) is 19.1 Å². The van der Waals surface area contributed by atoms with E-state index in [1.807, 2.05) is 11.8 Å². The van der Waals surface area contributed by atoms with Gasteiger partial charge in [0.15, 0.2) is 10.8 Å². The van der Waals surface area contributed by atoms with Crippen molar-refractivity contribution in [3.63, 3.8) is 0 Å². The van der Waals surface area contributed by atoms with Crippen molar-refractivity contribution in [1.82, 2.24) is 4.98 Å². The second-order valence-corrected chi connectivity index (χ2v) is 6.96. The first-order valence-electron chi connectivity index (χ1n) is 6.52. The average molecular weight is 300 g/mol. The molecule has 1 heterocycles. The van der Waals surface area contributed by atoms with Crippen LogP contribution in [0.2, 0.25) is 0 Å². The number of anilines is 1. The van der Waals surface area contributed by atoms with Crippen LogP contribution in [0.4, 0.5) is 5.13 Å². The first-order valence-corrected chi connectivity index (χ1v) is 8.62. The summed E-state index contributed by atoms with van der Waals surface area (Å²) in [7, 11) is 1.37. The Hall–Kier alpha value is -0.750. The van der Waals surface area contributed by atoms with Crippen LogP contribution in [-0.4, -0.2) is 35.6 Å². The molecule has 1 aromatic rings. The lowest BCUT2D eigenvalue weighted by molar-refractivity contribution is 0.0595. The molecule has 19 heavy (non-hydrogen) atoms. The maximum Gasteiger partial charge on any atom is 0.357 e. The van der Waals surface area contributed by atoms with Crippen LogP contribution in [0.15, 0.2) is 5.38 Å². The van der Waals surface area contributed by atoms with Crippen molar-refractivity contribution in [3.05, 3.63) is 11.1 Å². The Bertz CT molecular complexity index is 428. The number of thiazole rings is 1. The van der Waals surface area contributed by atoms with Gasteiger partial charge in [-0.25, -0.2) is 9.78 Å². The van der Waals surface area contributed by atoms with E-state index in [9.17, 15) is 4.79 Å². The molecule has 0 aliphatic heterocycles. The number of methoxy groups -OCH3 is 1. The molecule has 0 unspecified atom stereocenters. The van der Waals surface area contributed by atoms with Gasteiger partial charge in [0.05, 0.1) is 7.11 Å². The number of esters is 1. The molecular weight excluding hydrogens is 280 g/mol. The van der Waals surface area contributed by atoms with Crippen LogP contribution in [0.5, 0.6) is 0 Å². The Morgan fingerprint density at radius 2 is 2.26 bits per heavy atom. The zero-order valence-electron chi connectivity index (χ0n) is 11.4. The number of nitrogens with one attached hydrogen (secondary N) is 1. The van der Waals surface area contributed by atoms with Crippen LogP contribution in [-0.2, 0) is 4.74 Å². The molecule has 0 atom stereocenters. The molecule has 0 spiro atoms. The van der Waals surface area contributed by atoms with Gasteiger partial charge in [-0.2, -0.15) is 11.8 Å². The van der Waals surface area contributed by atoms with Gasteiger partial charge in [0.25, 0.3) is 0 Å². The number of aromatic nitrogens is 1. The lowest BCUT2D eigenvalue weighted by Crippen LogP contribution is -2.35. The van der Waals surface area contributed by atoms with Gasteiger partial charge in [0.1, 0.15) is 0 Å². The van der Waals surface area contributed by atoms with E-state index in [0.717, 1.165) is 11.7 Å². The van der Waals surface area contributed by atoms with Crippen LogP contribution in [0.1, 0.15) is 42.6 Å². The quantitative estimate of drug-likeness (QED) is 0.845. The third-order valence-corrected chi connectivity index (χ3v) is 5.88. The monoisotopic (exact) mass is 300 g/mol. The molecule has 6 heteroatoms. The second kappa shape index (κ2) is 6.61. The lowest BCUT2D eigenvalue weighted by Gasteiger charge is -2.35. The number of nitrogens with zero attached hydrogens (tertiary/aromatic N) is 1. The smallest absolute Gasteiger partial charge is 0.357 e. The van der Waals surface area contributed by atoms with E-state index < -0.39 is 0 Å². The van der Waals surface area contributed by atoms with Crippen LogP contribution in [0.25, 0.3) is 0 Å². The van der Waals surface area contributed by atoms with Crippen molar-refractivity contribution < 1.29 is 9.53 Å². The first kappa shape index (κ1) is 14.7. The molecule has 0 amide bonds. The molecule has 1 fully saturated rings. The van der Waals surface area contributed by atoms with Crippen molar-refractivity contribution in [3.8, 4) is 0 Å². The molecule has 0 radical (unpaired) electrons. The summed E-state index contributed by atoms with van der Waals surface area (Å²) in [6.07, 6.45) is 8.69. The minimum Gasteiger partial charge on any atom is -0.464 e. The molecule has 1 aliphatic rings. The number of thioether (sulfide) groups is 1. The summed E-state index contributed by atoms with van der Waals surface area (Å²) < 4.78 is 4.99. The predicted molar refractivity (Wildman–Crippen MR) is 81.3 cm³/mol. The fourth-order valence-corrected chi connectivity index (χ4v) is 4.03. The standard InChI is InChI=1S/C13H20N2O2S2/c1-17-11(16)10-8-19-12(15-10)14-9-13(18-2)6-4-3-5-7-13/h8H,3-7,9H2,1-2H3,(H,14,15). The highest BCUT2D eigenvalue weighted by Crippen LogP contribution is 2.38. The third-order valence-electron chi connectivity index (χ3n) is 3.66. The number of carbonyl (C=O) groups is 1. The highest BCUT2D eigenvalue weighted by Gasteiger charge is 2.31. The number of hydrogen-bond acceptors (Lipinski definition) is 6. The summed E-state index contributed by atoms with van der Waals surface area (Å²) >= 11 is 3.41. The number of rotatable bonds is 5. The lowest BCUT2D eigenvalue weighted by atomic mass is 9.88. The van der Waals surface area contributed by atoms with Crippen molar-refractivity contribution in [1.29, 1.82) is 0 Å². The van der Waals surface area contributed by atoms with Gasteiger partial charge in [0.2, 0.25) is 0 Å². The number of ether oxygens (including phenoxy) is 1. The number of carbonyl (C=O) groups excluding carboxylic acids is 1. The van der Waals surface area contributed by atoms with Gasteiger partial charge in [-0.15, -0.1) is 11.3 Å². The van der Waals surface area contributed by atoms with Crippen molar-refractivity contribution in [2.75, 3.05) is 25.2 Å². The molecular formula is C13H20N2O2S2. The van der Waals surface area contributed by atoms with Crippen LogP contribution < -0.4 is 5.32 Å². The summed E-state index contributed by atoms with van der Waals surface area (Å²) in [6, 6.07) is 0. The third kappa shape index (κ3) is 3.63. The van der Waals surface area contributed by atoms with E-state index in [-0.39, 0.29) is 5.97 Å². The minimum absolute atomic E-state index is 0.329. The minimum atomic E-state index is -0.374. The predicted octanol–water partition coefficient (Wildman–Crippen LogP) is 3.41. The van der Waals surface area contributed by atoms with Crippen molar-refractivity contribution in [2.24, 2.45) is 0 Å². The summed E-state index contributed by atoms with van der Waals surface area (Å²) in [5.41, 5.74) is 0.386. The average Bonchev–Trinajstić information content (AvgIpc) is 2.94. The Labute approximate surface area is 122 Å². The molecule has 1 aromatic heterocycles. The van der Waals surface area contributed by atoms with E-state index >= 15 is 0 Å². The zero-order chi connectivity index (χ0) is 13.7. The first-order chi connectivity index (χ1) is 9.19. The summed E-state index contributed by atoms with van der Waals surface area (Å²) in [6.45, 7) is 0.919. The Morgan fingerprint density at radius 1 is 1.53 bits per heavy atom. The molecule has 1 saturated carbocycles. The summed E-state index contributed by atoms with van der Waals surface area (Å²) in [5.74, 6) is -0.374. The van der Waals surface area contributed by atoms with E-state index in [2.05, 4.69) is 21.3 Å². The van der Waals surface area contributed by atoms with Crippen molar-refractivity contribution in [2.45, 2.75) is 36.9 Å². The van der Waals surface area contributed by atoms with Gasteiger partial charge in [0, 0.05) is 16.7 Å². The van der Waals surface area contributed by atoms with E-state index in [0.29, 0.717) is 10.4 Å². The molecule has 0 bridgehead atoms. The van der Waals surface area contributed by atoms with Gasteiger partial charge in [-0.1, -0.05) is 19.3 Å². The van der Waals surface area contributed by atoms with E-state index in [4.69, 9.17) is 0 Å². The normalized spacial score (nSPS) is 18.0. The molecule has 0 aromatic carbocycles. The Morgan fingerprint density at radius 3 is 2.89 bits per heavy atom. The maximum atomic E-state index is 11.3. The molecule has 1 N–H and O–H groups in total. The van der Waals surface area contributed by atoms with Gasteiger partial charge < -0.3 is 10.1 Å². The zero-order valence-corrected chi connectivity index (χ0v) is 13.0. The summed E-state index contributed by atoms with van der Waals surface area (Å²) in [5, 5.41) is 5.93. The van der Waals surface area contributed by atoms with Crippen LogP contribution >= 0.6 is 23.1 Å². The molecule has 106 valence electrons. The highest BCUT2D eigenvalue weighted by atomic mass is 32.2. The Kier molecular flexibility index (Phi) is 5.10. The SMILES string of the molecule is COC(=O)c1csc(NCC2(SC)CCCCC2)n1. The molecule has 4 nitrogen and oxygen atoms in total. The van der Waals surface area contributed by atoms with Gasteiger partial charge in [-0.3, -0.25) is 0 Å². The maximum absolute atomic E-state index is 11.3. The molecule has 2 rings (SSSR count). The van der Waals surface area contributed by atoms with Crippen LogP contribution in [0.3, 0.4) is 0 Å². The molecule has 1 aliphatic carbocycles. The van der Waals surface area contributed by atoms with E-state index in [1.54, 1.807) is 5.38 Å². The fraction of sp³-hybridized carbons (Fsp3) is 0.692. The fourth-order valence-electron chi connectivity index (χ4n) is 2.44. The number of hydrogen-bond donors (Lipinski definition) is 1. The van der Waals surface area contributed by atoms with Crippen molar-refractivity contribution >= 4 is 34.2 Å². The molecule has 0 saturated heterocycles.